The summed E-state index contributed by atoms with van der Waals surface area (Å²) in [5, 5.41) is 13.5. The predicted molar refractivity (Wildman–Crippen MR) is 163 cm³/mol. The zero-order valence-corrected chi connectivity index (χ0v) is 26.2. The molecule has 0 unspecified atom stereocenters. The Kier molecular flexibility index (Phi) is 9.32. The molecule has 0 aliphatic carbocycles. The van der Waals surface area contributed by atoms with Crippen LogP contribution < -0.4 is 5.32 Å². The molecule has 2 saturated heterocycles. The second-order valence-corrected chi connectivity index (χ2v) is 13.1. The standard InChI is InChI=1S/C34H45N3O7/c1-20(2)18-24(19-38)37-30-32(41)36(21(3)4)17-11-7-10-14-26(39)35-22(5)29(23-12-8-6-9-13-23)43-33(42)27-25-15-16-34(30,44-25)28(27)31(37)40/h6-9,11-13,15-16,20-22,24-25,27-30,38H,10,14,17-19H2,1-5H3,(H,35,39)/b11-7-/t22-,24-,25+,27-,28-,29+,30+,34-/m1/s1. The van der Waals surface area contributed by atoms with Crippen LogP contribution >= 0.6 is 0 Å². The van der Waals surface area contributed by atoms with Crippen molar-refractivity contribution in [2.75, 3.05) is 13.2 Å². The van der Waals surface area contributed by atoms with Gasteiger partial charge in [0.25, 0.3) is 0 Å². The normalized spacial score (nSPS) is 34.0. The van der Waals surface area contributed by atoms with Gasteiger partial charge in [-0.2, -0.15) is 0 Å². The van der Waals surface area contributed by atoms with Gasteiger partial charge in [0.2, 0.25) is 17.7 Å². The van der Waals surface area contributed by atoms with Gasteiger partial charge < -0.3 is 29.7 Å². The van der Waals surface area contributed by atoms with Gasteiger partial charge in [0, 0.05) is 19.0 Å². The third-order valence-electron chi connectivity index (χ3n) is 9.29. The first kappa shape index (κ1) is 31.9. The molecule has 2 fully saturated rings. The summed E-state index contributed by atoms with van der Waals surface area (Å²) in [6, 6.07) is 6.74. The molecule has 5 rings (SSSR count). The Morgan fingerprint density at radius 2 is 1.77 bits per heavy atom. The van der Waals surface area contributed by atoms with Crippen molar-refractivity contribution in [1.29, 1.82) is 0 Å². The van der Waals surface area contributed by atoms with E-state index in [0.29, 0.717) is 18.4 Å². The third kappa shape index (κ3) is 5.70. The monoisotopic (exact) mass is 607 g/mol. The number of carbonyl (C=O) groups is 4. The minimum atomic E-state index is -1.38. The first-order chi connectivity index (χ1) is 21.0. The van der Waals surface area contributed by atoms with Crippen LogP contribution in [0.1, 0.15) is 65.5 Å². The second kappa shape index (κ2) is 12.9. The summed E-state index contributed by atoms with van der Waals surface area (Å²) >= 11 is 0. The minimum Gasteiger partial charge on any atom is -0.455 e. The van der Waals surface area contributed by atoms with Crippen LogP contribution in [0.3, 0.4) is 0 Å². The number of esters is 1. The van der Waals surface area contributed by atoms with Crippen molar-refractivity contribution in [3.8, 4) is 0 Å². The molecular weight excluding hydrogens is 562 g/mol. The Balaban J connectivity index is 1.61. The van der Waals surface area contributed by atoms with E-state index in [2.05, 4.69) is 5.32 Å². The lowest BCUT2D eigenvalue weighted by Crippen LogP contribution is -2.59. The average Bonchev–Trinajstić information content (AvgIpc) is 3.63. The summed E-state index contributed by atoms with van der Waals surface area (Å²) in [6.07, 6.45) is 6.88. The number of rotatable bonds is 6. The smallest absolute Gasteiger partial charge is 0.313 e. The summed E-state index contributed by atoms with van der Waals surface area (Å²) in [5.74, 6) is -3.37. The van der Waals surface area contributed by atoms with Gasteiger partial charge in [-0.15, -0.1) is 0 Å². The number of benzene rings is 1. The van der Waals surface area contributed by atoms with Gasteiger partial charge in [-0.05, 0) is 45.1 Å². The first-order valence-electron chi connectivity index (χ1n) is 15.8. The summed E-state index contributed by atoms with van der Waals surface area (Å²) in [6.45, 7) is 9.55. The molecule has 0 saturated carbocycles. The molecular formula is C34H45N3O7. The Hall–Kier alpha value is -3.50. The molecule has 4 aliphatic heterocycles. The van der Waals surface area contributed by atoms with Crippen molar-refractivity contribution in [1.82, 2.24) is 15.1 Å². The highest BCUT2D eigenvalue weighted by molar-refractivity contribution is 5.99. The molecule has 44 heavy (non-hydrogen) atoms. The number of hydrogen-bond acceptors (Lipinski definition) is 7. The van der Waals surface area contributed by atoms with Gasteiger partial charge in [0.05, 0.1) is 30.7 Å². The maximum atomic E-state index is 14.6. The number of aliphatic hydroxyl groups is 1. The fourth-order valence-electron chi connectivity index (χ4n) is 7.31. The average molecular weight is 608 g/mol. The molecule has 8 atom stereocenters. The highest BCUT2D eigenvalue weighted by Crippen LogP contribution is 2.56. The number of nitrogens with one attached hydrogen (secondary N) is 1. The van der Waals surface area contributed by atoms with Crippen LogP contribution in [-0.2, 0) is 28.7 Å². The van der Waals surface area contributed by atoms with E-state index in [4.69, 9.17) is 9.47 Å². The molecule has 4 heterocycles. The maximum Gasteiger partial charge on any atom is 0.313 e. The molecule has 2 N–H and O–H groups in total. The van der Waals surface area contributed by atoms with Crippen LogP contribution in [0.5, 0.6) is 0 Å². The van der Waals surface area contributed by atoms with Gasteiger partial charge in [-0.25, -0.2) is 0 Å². The number of hydrogen-bond donors (Lipinski definition) is 2. The molecule has 1 aromatic carbocycles. The highest BCUT2D eigenvalue weighted by atomic mass is 16.6. The summed E-state index contributed by atoms with van der Waals surface area (Å²) in [5.41, 5.74) is -0.669. The lowest BCUT2D eigenvalue weighted by molar-refractivity contribution is -0.162. The number of allylic oxidation sites excluding steroid dienone is 1. The van der Waals surface area contributed by atoms with Crippen molar-refractivity contribution in [2.24, 2.45) is 17.8 Å². The Labute approximate surface area is 259 Å². The van der Waals surface area contributed by atoms with Crippen molar-refractivity contribution in [2.45, 2.75) is 95.9 Å². The molecule has 1 spiro atoms. The number of ether oxygens (including phenoxy) is 2. The van der Waals surface area contributed by atoms with E-state index in [9.17, 15) is 24.3 Å². The van der Waals surface area contributed by atoms with E-state index in [1.54, 1.807) is 24.0 Å². The number of nitrogens with zero attached hydrogens (tertiary/aromatic N) is 2. The van der Waals surface area contributed by atoms with E-state index in [-0.39, 0.29) is 43.3 Å². The van der Waals surface area contributed by atoms with Gasteiger partial charge in [-0.3, -0.25) is 19.2 Å². The number of carbonyl (C=O) groups excluding carboxylic acids is 4. The molecule has 5 bridgehead atoms. The molecule has 1 aromatic rings. The SMILES string of the molecule is CC(C)C[C@H](CO)N1C(=O)[C@H]2[C@@H]3C(=O)O[C@H](c4ccccc4)[C@@H](C)NC(=O)CC/C=C\CN(C(C)C)C(=O)[C@H]1[C@@]21C=C[C@@H]3O1. The van der Waals surface area contributed by atoms with Crippen LogP contribution in [0.4, 0.5) is 0 Å². The number of aliphatic hydroxyl groups excluding tert-OH is 1. The van der Waals surface area contributed by atoms with Gasteiger partial charge in [0.1, 0.15) is 23.7 Å². The topological polar surface area (TPSA) is 125 Å². The zero-order chi connectivity index (χ0) is 31.8. The van der Waals surface area contributed by atoms with Crippen molar-refractivity contribution in [3.05, 3.63) is 60.2 Å². The molecule has 0 radical (unpaired) electrons. The van der Waals surface area contributed by atoms with E-state index in [0.717, 1.165) is 0 Å². The summed E-state index contributed by atoms with van der Waals surface area (Å²) < 4.78 is 12.7. The lowest BCUT2D eigenvalue weighted by Gasteiger charge is -2.40. The van der Waals surface area contributed by atoms with E-state index in [1.807, 2.05) is 70.2 Å². The molecule has 4 aliphatic rings. The summed E-state index contributed by atoms with van der Waals surface area (Å²) in [7, 11) is 0. The van der Waals surface area contributed by atoms with Gasteiger partial charge in [-0.1, -0.05) is 68.5 Å². The fourth-order valence-corrected chi connectivity index (χ4v) is 7.31. The maximum absolute atomic E-state index is 14.6. The molecule has 238 valence electrons. The van der Waals surface area contributed by atoms with Gasteiger partial charge >= 0.3 is 5.97 Å². The largest absolute Gasteiger partial charge is 0.455 e. The Bertz CT molecular complexity index is 1310. The quantitative estimate of drug-likeness (QED) is 0.376. The second-order valence-electron chi connectivity index (χ2n) is 13.1. The molecule has 3 amide bonds. The number of fused-ring (bicyclic) bond motifs is 2. The van der Waals surface area contributed by atoms with Gasteiger partial charge in [0.15, 0.2) is 0 Å². The van der Waals surface area contributed by atoms with Crippen molar-refractivity contribution in [3.63, 3.8) is 0 Å². The van der Waals surface area contributed by atoms with Crippen LogP contribution in [0.25, 0.3) is 0 Å². The van der Waals surface area contributed by atoms with Crippen LogP contribution in [0, 0.1) is 17.8 Å². The minimum absolute atomic E-state index is 0.139. The highest BCUT2D eigenvalue weighted by Gasteiger charge is 2.74. The van der Waals surface area contributed by atoms with E-state index < -0.39 is 59.6 Å². The number of likely N-dealkylation sites (tertiary alicyclic amines) is 1. The van der Waals surface area contributed by atoms with Crippen LogP contribution in [-0.4, -0.2) is 87.6 Å². The number of amides is 3. The van der Waals surface area contributed by atoms with E-state index >= 15 is 0 Å². The molecule has 10 heteroatoms. The van der Waals surface area contributed by atoms with Crippen molar-refractivity contribution < 1.29 is 33.8 Å². The lowest BCUT2D eigenvalue weighted by atomic mass is 9.74. The van der Waals surface area contributed by atoms with Crippen LogP contribution in [0.15, 0.2) is 54.6 Å². The van der Waals surface area contributed by atoms with E-state index in [1.165, 1.54) is 4.90 Å². The Morgan fingerprint density at radius 1 is 1.05 bits per heavy atom. The predicted octanol–water partition coefficient (Wildman–Crippen LogP) is 2.92. The first-order valence-corrected chi connectivity index (χ1v) is 15.8. The van der Waals surface area contributed by atoms with Crippen LogP contribution in [0.2, 0.25) is 0 Å². The molecule has 0 aromatic heterocycles. The summed E-state index contributed by atoms with van der Waals surface area (Å²) in [4.78, 5) is 59.2. The Morgan fingerprint density at radius 3 is 2.43 bits per heavy atom. The third-order valence-corrected chi connectivity index (χ3v) is 9.29. The number of cyclic esters (lactones) is 1. The fraction of sp³-hybridized carbons (Fsp3) is 0.588. The zero-order valence-electron chi connectivity index (χ0n) is 26.2. The molecule has 10 nitrogen and oxygen atoms in total. The van der Waals surface area contributed by atoms with Crippen molar-refractivity contribution >= 4 is 23.7 Å².